The Labute approximate surface area is 140 Å². The second-order valence-electron chi connectivity index (χ2n) is 5.22. The van der Waals surface area contributed by atoms with E-state index < -0.39 is 6.09 Å². The monoisotopic (exact) mass is 335 g/mol. The summed E-state index contributed by atoms with van der Waals surface area (Å²) in [5.41, 5.74) is 2.71. The Morgan fingerprint density at radius 2 is 2.22 bits per heavy atom. The van der Waals surface area contributed by atoms with E-state index >= 15 is 0 Å². The van der Waals surface area contributed by atoms with Crippen LogP contribution in [0.5, 0.6) is 0 Å². The van der Waals surface area contributed by atoms with Crippen LogP contribution in [-0.4, -0.2) is 36.1 Å². The average Bonchev–Trinajstić information content (AvgIpc) is 2.82. The maximum atomic E-state index is 11.8. The minimum atomic E-state index is -0.527. The van der Waals surface area contributed by atoms with Gasteiger partial charge in [0.1, 0.15) is 0 Å². The molecule has 6 nitrogen and oxygen atoms in total. The highest BCUT2D eigenvalue weighted by Gasteiger charge is 2.28. The predicted molar refractivity (Wildman–Crippen MR) is 93.5 cm³/mol. The van der Waals surface area contributed by atoms with E-state index in [0.29, 0.717) is 17.5 Å². The van der Waals surface area contributed by atoms with Crippen molar-refractivity contribution in [1.82, 2.24) is 5.32 Å². The lowest BCUT2D eigenvalue weighted by molar-refractivity contribution is -0.116. The highest BCUT2D eigenvalue weighted by Crippen LogP contribution is 2.35. The Morgan fingerprint density at radius 1 is 1.48 bits per heavy atom. The molecule has 1 heterocycles. The second kappa shape index (κ2) is 7.50. The molecule has 0 unspecified atom stereocenters. The van der Waals surface area contributed by atoms with E-state index in [9.17, 15) is 9.59 Å². The van der Waals surface area contributed by atoms with Crippen molar-refractivity contribution in [2.75, 3.05) is 17.8 Å². The Kier molecular flexibility index (Phi) is 5.65. The molecule has 1 N–H and O–H groups in total. The predicted octanol–water partition coefficient (Wildman–Crippen LogP) is 3.08. The largest absolute Gasteiger partial charge is 0.450 e. The third-order valence-corrected chi connectivity index (χ3v) is 4.11. The van der Waals surface area contributed by atoms with Crippen LogP contribution in [0.3, 0.4) is 0 Å². The Morgan fingerprint density at radius 3 is 2.83 bits per heavy atom. The van der Waals surface area contributed by atoms with Gasteiger partial charge in [0.15, 0.2) is 5.17 Å². The molecule has 0 radical (unpaired) electrons. The van der Waals surface area contributed by atoms with Gasteiger partial charge in [-0.1, -0.05) is 17.8 Å². The summed E-state index contributed by atoms with van der Waals surface area (Å²) in [5.74, 6) is 0.0205. The van der Waals surface area contributed by atoms with Gasteiger partial charge in [-0.25, -0.2) is 9.79 Å². The fourth-order valence-electron chi connectivity index (χ4n) is 2.64. The third-order valence-electron chi connectivity index (χ3n) is 3.53. The zero-order valence-corrected chi connectivity index (χ0v) is 14.6. The van der Waals surface area contributed by atoms with Gasteiger partial charge in [0.2, 0.25) is 5.91 Å². The van der Waals surface area contributed by atoms with Crippen molar-refractivity contribution >= 4 is 40.3 Å². The molecule has 2 amide bonds. The summed E-state index contributed by atoms with van der Waals surface area (Å²) in [7, 11) is 0. The van der Waals surface area contributed by atoms with E-state index in [1.165, 1.54) is 11.8 Å². The number of benzene rings is 1. The van der Waals surface area contributed by atoms with Crippen molar-refractivity contribution < 1.29 is 14.3 Å². The first-order valence-electron chi connectivity index (χ1n) is 7.45. The van der Waals surface area contributed by atoms with Crippen molar-refractivity contribution in [1.29, 1.82) is 0 Å². The highest BCUT2D eigenvalue weighted by molar-refractivity contribution is 8.13. The van der Waals surface area contributed by atoms with Crippen LogP contribution in [0, 0.1) is 0 Å². The van der Waals surface area contributed by atoms with Crippen LogP contribution < -0.4 is 10.2 Å². The smallest absolute Gasteiger partial charge is 0.413 e. The molecule has 0 saturated heterocycles. The molecule has 1 aliphatic heterocycles. The SMILES string of the molecule is CCOC(=O)NC(=Nc1ccc2c(c1)N(C(C)=O)[C@@H](C)C2)SC. The minimum absolute atomic E-state index is 0.0205. The van der Waals surface area contributed by atoms with Crippen LogP contribution in [0.2, 0.25) is 0 Å². The van der Waals surface area contributed by atoms with E-state index in [2.05, 4.69) is 10.3 Å². The molecular formula is C16H21N3O3S. The number of anilines is 1. The highest BCUT2D eigenvalue weighted by atomic mass is 32.2. The maximum Gasteiger partial charge on any atom is 0.413 e. The zero-order valence-electron chi connectivity index (χ0n) is 13.8. The van der Waals surface area contributed by atoms with Crippen LogP contribution in [0.4, 0.5) is 16.2 Å². The number of thioether (sulfide) groups is 1. The number of amidine groups is 1. The molecule has 1 atom stereocenters. The molecule has 2 rings (SSSR count). The first-order chi connectivity index (χ1) is 11.0. The Bertz CT molecular complexity index is 645. The van der Waals surface area contributed by atoms with Gasteiger partial charge in [0, 0.05) is 18.7 Å². The van der Waals surface area contributed by atoms with Gasteiger partial charge in [0.05, 0.1) is 12.3 Å². The van der Waals surface area contributed by atoms with Crippen LogP contribution in [0.1, 0.15) is 26.3 Å². The van der Waals surface area contributed by atoms with Crippen LogP contribution >= 0.6 is 11.8 Å². The summed E-state index contributed by atoms with van der Waals surface area (Å²) < 4.78 is 4.85. The molecule has 23 heavy (non-hydrogen) atoms. The van der Waals surface area contributed by atoms with Crippen molar-refractivity contribution in [2.24, 2.45) is 4.99 Å². The zero-order chi connectivity index (χ0) is 17.0. The molecule has 124 valence electrons. The number of ether oxygens (including phenoxy) is 1. The fraction of sp³-hybridized carbons (Fsp3) is 0.438. The lowest BCUT2D eigenvalue weighted by Crippen LogP contribution is -2.33. The van der Waals surface area contributed by atoms with E-state index in [4.69, 9.17) is 4.74 Å². The number of rotatable bonds is 2. The molecule has 0 spiro atoms. The van der Waals surface area contributed by atoms with Gasteiger partial charge in [-0.15, -0.1) is 0 Å². The molecule has 0 bridgehead atoms. The van der Waals surface area contributed by atoms with Gasteiger partial charge in [-0.2, -0.15) is 0 Å². The number of nitrogens with zero attached hydrogens (tertiary/aromatic N) is 2. The molecule has 0 aliphatic carbocycles. The number of carbonyl (C=O) groups is 2. The average molecular weight is 335 g/mol. The summed E-state index contributed by atoms with van der Waals surface area (Å²) in [5, 5.41) is 3.05. The number of alkyl carbamates (subject to hydrolysis) is 1. The van der Waals surface area contributed by atoms with E-state index in [1.807, 2.05) is 31.4 Å². The lowest BCUT2D eigenvalue weighted by atomic mass is 10.1. The lowest BCUT2D eigenvalue weighted by Gasteiger charge is -2.20. The first kappa shape index (κ1) is 17.3. The Balaban J connectivity index is 2.26. The number of fused-ring (bicyclic) bond motifs is 1. The molecule has 1 aromatic carbocycles. The van der Waals surface area contributed by atoms with E-state index in [1.54, 1.807) is 18.7 Å². The summed E-state index contributed by atoms with van der Waals surface area (Å²) in [6, 6.07) is 5.90. The molecule has 7 heteroatoms. The number of aliphatic imine (C=N–C) groups is 1. The molecular weight excluding hydrogens is 314 g/mol. The number of hydrogen-bond acceptors (Lipinski definition) is 5. The quantitative estimate of drug-likeness (QED) is 0.666. The van der Waals surface area contributed by atoms with Gasteiger partial charge < -0.3 is 9.64 Å². The molecule has 1 aliphatic rings. The van der Waals surface area contributed by atoms with Gasteiger partial charge >= 0.3 is 6.09 Å². The van der Waals surface area contributed by atoms with Gasteiger partial charge in [0.25, 0.3) is 0 Å². The van der Waals surface area contributed by atoms with Gasteiger partial charge in [-0.3, -0.25) is 10.1 Å². The number of hydrogen-bond donors (Lipinski definition) is 1. The minimum Gasteiger partial charge on any atom is -0.450 e. The molecule has 0 aromatic heterocycles. The van der Waals surface area contributed by atoms with Crippen molar-refractivity contribution in [3.05, 3.63) is 23.8 Å². The third kappa shape index (κ3) is 4.04. The van der Waals surface area contributed by atoms with E-state index in [-0.39, 0.29) is 11.9 Å². The molecule has 0 saturated carbocycles. The maximum absolute atomic E-state index is 11.8. The van der Waals surface area contributed by atoms with Crippen molar-refractivity contribution in [3.63, 3.8) is 0 Å². The summed E-state index contributed by atoms with van der Waals surface area (Å²) in [4.78, 5) is 29.5. The van der Waals surface area contributed by atoms with E-state index in [0.717, 1.165) is 17.7 Å². The summed E-state index contributed by atoms with van der Waals surface area (Å²) in [6.07, 6.45) is 2.14. The number of nitrogens with one attached hydrogen (secondary N) is 1. The fourth-order valence-corrected chi connectivity index (χ4v) is 3.02. The van der Waals surface area contributed by atoms with Crippen LogP contribution in [0.15, 0.2) is 23.2 Å². The van der Waals surface area contributed by atoms with Crippen LogP contribution in [0.25, 0.3) is 0 Å². The molecule has 0 fully saturated rings. The van der Waals surface area contributed by atoms with Crippen LogP contribution in [-0.2, 0) is 16.0 Å². The summed E-state index contributed by atoms with van der Waals surface area (Å²) in [6.45, 7) is 5.64. The summed E-state index contributed by atoms with van der Waals surface area (Å²) >= 11 is 1.32. The molecule has 1 aromatic rings. The van der Waals surface area contributed by atoms with Gasteiger partial charge in [-0.05, 0) is 44.2 Å². The Hall–Kier alpha value is -2.02. The second-order valence-corrected chi connectivity index (χ2v) is 6.02. The number of amides is 2. The van der Waals surface area contributed by atoms with Crippen molar-refractivity contribution in [2.45, 2.75) is 33.2 Å². The van der Waals surface area contributed by atoms with Crippen molar-refractivity contribution in [3.8, 4) is 0 Å². The number of carbonyl (C=O) groups excluding carboxylic acids is 2. The standard InChI is InChI=1S/C16H21N3O3S/c1-5-22-16(21)18-15(23-4)17-13-7-6-12-8-10(2)19(11(3)20)14(12)9-13/h6-7,9-10H,5,8H2,1-4H3,(H,17,18,21)/t10-/m0/s1. The topological polar surface area (TPSA) is 71.0 Å². The first-order valence-corrected chi connectivity index (χ1v) is 8.68. The normalized spacial score (nSPS) is 17.0.